The fourth-order valence-corrected chi connectivity index (χ4v) is 4.76. The van der Waals surface area contributed by atoms with E-state index in [1.807, 2.05) is 36.4 Å². The molecule has 0 saturated heterocycles. The number of anilines is 1. The summed E-state index contributed by atoms with van der Waals surface area (Å²) in [5.74, 6) is -0.878. The van der Waals surface area contributed by atoms with Crippen molar-refractivity contribution in [2.75, 3.05) is 31.1 Å². The minimum Gasteiger partial charge on any atom is -0.545 e. The quantitative estimate of drug-likeness (QED) is 0.160. The van der Waals surface area contributed by atoms with Crippen LogP contribution in [0.4, 0.5) is 11.4 Å². The third kappa shape index (κ3) is 4.42. The first-order chi connectivity index (χ1) is 17.3. The molecule has 0 atom stereocenters. The van der Waals surface area contributed by atoms with E-state index in [2.05, 4.69) is 37.2 Å². The number of carbonyl (C=O) groups is 1. The van der Waals surface area contributed by atoms with Gasteiger partial charge in [0.05, 0.1) is 17.0 Å². The van der Waals surface area contributed by atoms with Crippen LogP contribution in [0.25, 0.3) is 33.4 Å². The summed E-state index contributed by atoms with van der Waals surface area (Å²) in [5.41, 5.74) is 2.74. The zero-order valence-electron chi connectivity index (χ0n) is 20.9. The Morgan fingerprint density at radius 3 is 2.22 bits per heavy atom. The second-order valence-electron chi connectivity index (χ2n) is 8.46. The number of carboxylic acid groups (broad SMARTS) is 1. The molecule has 1 aliphatic carbocycles. The summed E-state index contributed by atoms with van der Waals surface area (Å²) >= 11 is 0. The average Bonchev–Trinajstić information content (AvgIpc) is 2.88. The normalized spacial score (nSPS) is 11.1. The van der Waals surface area contributed by atoms with Crippen LogP contribution in [0.3, 0.4) is 0 Å². The molecule has 0 radical (unpaired) electrons. The van der Waals surface area contributed by atoms with Gasteiger partial charge in [-0.2, -0.15) is 0 Å². The number of nitro benzene ring substituents is 1. The van der Waals surface area contributed by atoms with Crippen molar-refractivity contribution in [1.29, 1.82) is 0 Å². The maximum atomic E-state index is 12.1. The molecular formula is C28H29N3O5. The fraction of sp³-hybridized carbons (Fsp3) is 0.286. The molecule has 0 saturated carbocycles. The first kappa shape index (κ1) is 24.9. The largest absolute Gasteiger partial charge is 0.545 e. The Hall–Kier alpha value is -4.20. The molecule has 2 aliphatic rings. The summed E-state index contributed by atoms with van der Waals surface area (Å²) < 4.78 is 8.60. The van der Waals surface area contributed by atoms with Gasteiger partial charge in [-0.25, -0.2) is 4.58 Å². The molecule has 0 spiro atoms. The molecule has 1 aliphatic heterocycles. The van der Waals surface area contributed by atoms with Crippen molar-refractivity contribution in [2.45, 2.75) is 27.7 Å². The number of non-ortho nitro benzene ring substituents is 1. The lowest BCUT2D eigenvalue weighted by molar-refractivity contribution is -0.385. The summed E-state index contributed by atoms with van der Waals surface area (Å²) in [6.07, 6.45) is 0. The van der Waals surface area contributed by atoms with E-state index in [0.29, 0.717) is 33.4 Å². The van der Waals surface area contributed by atoms with Gasteiger partial charge in [0.25, 0.3) is 5.69 Å². The topological polar surface area (TPSA) is 103 Å². The molecule has 0 amide bonds. The molecule has 0 aromatic heterocycles. The lowest BCUT2D eigenvalue weighted by atomic mass is 9.90. The van der Waals surface area contributed by atoms with Crippen molar-refractivity contribution < 1.29 is 19.2 Å². The standard InChI is InChI=1S/C28H29N3O5/c1-5-29(6-2)18-9-13-22-25(16-18)36-26-17-19(30(7-3)8-4)10-14-23(26)27(22)21-12-11-20(31(34)35)15-24(21)28(32)33/h9-17H,5-8H2,1-4H3. The number of aromatic carboxylic acids is 1. The molecule has 0 fully saturated rings. The number of hydrogen-bond acceptors (Lipinski definition) is 6. The highest BCUT2D eigenvalue weighted by Crippen LogP contribution is 2.42. The minimum atomic E-state index is -1.48. The Kier molecular flexibility index (Phi) is 7.05. The van der Waals surface area contributed by atoms with Gasteiger partial charge in [-0.05, 0) is 57.5 Å². The highest BCUT2D eigenvalue weighted by atomic mass is 16.6. The van der Waals surface area contributed by atoms with Crippen molar-refractivity contribution in [3.8, 4) is 22.5 Å². The second kappa shape index (κ2) is 10.2. The van der Waals surface area contributed by atoms with Crippen LogP contribution in [0, 0.1) is 10.1 Å². The Labute approximate surface area is 209 Å². The highest BCUT2D eigenvalue weighted by molar-refractivity contribution is 6.07. The molecule has 1 heterocycles. The van der Waals surface area contributed by atoms with Gasteiger partial charge in [-0.1, -0.05) is 0 Å². The molecule has 4 rings (SSSR count). The summed E-state index contributed by atoms with van der Waals surface area (Å²) in [7, 11) is 0. The first-order valence-corrected chi connectivity index (χ1v) is 12.2. The van der Waals surface area contributed by atoms with E-state index >= 15 is 0 Å². The fourth-order valence-electron chi connectivity index (χ4n) is 4.76. The molecule has 2 aromatic carbocycles. The molecule has 8 nitrogen and oxygen atoms in total. The van der Waals surface area contributed by atoms with E-state index < -0.39 is 10.9 Å². The van der Waals surface area contributed by atoms with Gasteiger partial charge in [0.15, 0.2) is 0 Å². The predicted molar refractivity (Wildman–Crippen MR) is 139 cm³/mol. The Balaban J connectivity index is 2.14. The van der Waals surface area contributed by atoms with Crippen LogP contribution in [0.15, 0.2) is 59.0 Å². The number of rotatable bonds is 8. The van der Waals surface area contributed by atoms with Gasteiger partial charge < -0.3 is 19.2 Å². The maximum absolute atomic E-state index is 12.1. The van der Waals surface area contributed by atoms with E-state index in [-0.39, 0.29) is 11.3 Å². The summed E-state index contributed by atoms with van der Waals surface area (Å²) in [6, 6.07) is 15.6. The molecule has 0 unspecified atom stereocenters. The molecule has 186 valence electrons. The molecule has 2 aromatic rings. The van der Waals surface area contributed by atoms with Crippen LogP contribution in [0.5, 0.6) is 0 Å². The zero-order valence-corrected chi connectivity index (χ0v) is 20.9. The number of carboxylic acids is 1. The van der Waals surface area contributed by atoms with E-state index in [9.17, 15) is 20.0 Å². The van der Waals surface area contributed by atoms with Gasteiger partial charge in [0, 0.05) is 65.1 Å². The van der Waals surface area contributed by atoms with Crippen molar-refractivity contribution in [3.05, 3.63) is 75.6 Å². The monoisotopic (exact) mass is 487 g/mol. The molecule has 0 bridgehead atoms. The van der Waals surface area contributed by atoms with Crippen molar-refractivity contribution in [1.82, 2.24) is 4.58 Å². The number of nitro groups is 1. The molecule has 36 heavy (non-hydrogen) atoms. The summed E-state index contributed by atoms with van der Waals surface area (Å²) in [4.78, 5) is 25.0. The Morgan fingerprint density at radius 1 is 0.917 bits per heavy atom. The molecular weight excluding hydrogens is 458 g/mol. The van der Waals surface area contributed by atoms with E-state index in [1.165, 1.54) is 12.1 Å². The summed E-state index contributed by atoms with van der Waals surface area (Å²) in [6.45, 7) is 11.6. The lowest BCUT2D eigenvalue weighted by Gasteiger charge is -2.23. The second-order valence-corrected chi connectivity index (χ2v) is 8.46. The number of nitrogens with zero attached hydrogens (tertiary/aromatic N) is 3. The smallest absolute Gasteiger partial charge is 0.270 e. The Morgan fingerprint density at radius 2 is 1.61 bits per heavy atom. The minimum absolute atomic E-state index is 0.237. The van der Waals surface area contributed by atoms with Gasteiger partial charge >= 0.3 is 0 Å². The third-order valence-electron chi connectivity index (χ3n) is 6.65. The molecule has 8 heteroatoms. The van der Waals surface area contributed by atoms with Crippen molar-refractivity contribution in [2.24, 2.45) is 0 Å². The van der Waals surface area contributed by atoms with Crippen LogP contribution in [-0.4, -0.2) is 37.1 Å². The lowest BCUT2D eigenvalue weighted by Crippen LogP contribution is -2.29. The van der Waals surface area contributed by atoms with Gasteiger partial charge in [-0.15, -0.1) is 0 Å². The van der Waals surface area contributed by atoms with E-state index in [4.69, 9.17) is 4.42 Å². The van der Waals surface area contributed by atoms with E-state index in [0.717, 1.165) is 43.3 Å². The average molecular weight is 488 g/mol. The SMILES string of the molecule is CCN(CC)c1ccc2c(-c3ccc([N+](=O)[O-])cc3C(=O)[O-])c3ccc(=[N+](CC)CC)cc-3oc2c1. The predicted octanol–water partition coefficient (Wildman–Crippen LogP) is 4.13. The van der Waals surface area contributed by atoms with Crippen LogP contribution in [-0.2, 0) is 0 Å². The van der Waals surface area contributed by atoms with Crippen LogP contribution in [0.1, 0.15) is 38.1 Å². The van der Waals surface area contributed by atoms with Gasteiger partial charge in [0.1, 0.15) is 24.4 Å². The number of hydrogen-bond donors (Lipinski definition) is 0. The van der Waals surface area contributed by atoms with Gasteiger partial charge in [0.2, 0.25) is 5.36 Å². The van der Waals surface area contributed by atoms with Crippen molar-refractivity contribution in [3.63, 3.8) is 0 Å². The third-order valence-corrected chi connectivity index (χ3v) is 6.65. The maximum Gasteiger partial charge on any atom is 0.270 e. The van der Waals surface area contributed by atoms with Crippen LogP contribution in [0.2, 0.25) is 0 Å². The van der Waals surface area contributed by atoms with Crippen molar-refractivity contribution >= 4 is 28.3 Å². The van der Waals surface area contributed by atoms with E-state index in [1.54, 1.807) is 0 Å². The number of carbonyl (C=O) groups excluding carboxylic acids is 1. The zero-order chi connectivity index (χ0) is 26.0. The molecule has 0 N–H and O–H groups in total. The highest BCUT2D eigenvalue weighted by Gasteiger charge is 2.22. The number of fused-ring (bicyclic) bond motifs is 2. The van der Waals surface area contributed by atoms with Gasteiger partial charge in [-0.3, -0.25) is 10.1 Å². The van der Waals surface area contributed by atoms with Crippen LogP contribution < -0.4 is 19.9 Å². The first-order valence-electron chi connectivity index (χ1n) is 12.2. The van der Waals surface area contributed by atoms with Crippen LogP contribution >= 0.6 is 0 Å². The summed E-state index contributed by atoms with van der Waals surface area (Å²) in [5, 5.41) is 25.2. The number of benzene rings is 3. The Bertz CT molecular complexity index is 1500.